The van der Waals surface area contributed by atoms with E-state index in [1.54, 1.807) is 11.3 Å². The molecule has 0 unspecified atom stereocenters. The summed E-state index contributed by atoms with van der Waals surface area (Å²) in [5.41, 5.74) is 1.68. The number of carbonyl (C=O) groups excluding carboxylic acids is 1. The molecule has 1 aliphatic rings. The number of hydrogen-bond donors (Lipinski definition) is 0. The Kier molecular flexibility index (Phi) is 3.63. The average molecular weight is 293 g/mol. The van der Waals surface area contributed by atoms with E-state index in [0.29, 0.717) is 5.69 Å². The molecule has 3 rings (SSSR count). The molecule has 0 saturated carbocycles. The fourth-order valence-electron chi connectivity index (χ4n) is 2.06. The zero-order chi connectivity index (χ0) is 13.2. The maximum absolute atomic E-state index is 12.3. The highest BCUT2D eigenvalue weighted by atomic mass is 32.1. The van der Waals surface area contributed by atoms with Crippen LogP contribution >= 0.6 is 22.7 Å². The number of likely N-dealkylation sites (N-methyl/N-ethyl adjacent to an activating group) is 1. The highest BCUT2D eigenvalue weighted by Crippen LogP contribution is 2.26. The molecule has 0 bridgehead atoms. The van der Waals surface area contributed by atoms with Gasteiger partial charge in [0.05, 0.1) is 0 Å². The molecule has 100 valence electrons. The Bertz CT molecular complexity index is 556. The minimum Gasteiger partial charge on any atom is -0.335 e. The lowest BCUT2D eigenvalue weighted by Crippen LogP contribution is -2.47. The van der Waals surface area contributed by atoms with Crippen LogP contribution in [-0.4, -0.2) is 53.9 Å². The van der Waals surface area contributed by atoms with E-state index in [9.17, 15) is 4.79 Å². The highest BCUT2D eigenvalue weighted by Gasteiger charge is 2.22. The van der Waals surface area contributed by atoms with Crippen molar-refractivity contribution >= 4 is 28.6 Å². The number of rotatable bonds is 2. The van der Waals surface area contributed by atoms with Gasteiger partial charge in [-0.05, 0) is 18.5 Å². The smallest absolute Gasteiger partial charge is 0.273 e. The van der Waals surface area contributed by atoms with Crippen LogP contribution in [0, 0.1) is 0 Å². The number of amides is 1. The first-order valence-electron chi connectivity index (χ1n) is 6.20. The predicted molar refractivity (Wildman–Crippen MR) is 78.8 cm³/mol. The summed E-state index contributed by atoms with van der Waals surface area (Å²) in [7, 11) is 2.08. The van der Waals surface area contributed by atoms with Crippen molar-refractivity contribution in [2.24, 2.45) is 0 Å². The van der Waals surface area contributed by atoms with Gasteiger partial charge in [0.25, 0.3) is 5.91 Å². The SMILES string of the molecule is CN1CCN(C(=O)c2csc(-c3ccsc3)n2)CC1. The quantitative estimate of drug-likeness (QED) is 0.852. The summed E-state index contributed by atoms with van der Waals surface area (Å²) in [6, 6.07) is 2.04. The molecular weight excluding hydrogens is 278 g/mol. The molecule has 3 heterocycles. The van der Waals surface area contributed by atoms with Crippen molar-refractivity contribution in [3.05, 3.63) is 27.9 Å². The minimum atomic E-state index is 0.0610. The van der Waals surface area contributed by atoms with Gasteiger partial charge in [-0.25, -0.2) is 4.98 Å². The van der Waals surface area contributed by atoms with Gasteiger partial charge in [-0.15, -0.1) is 11.3 Å². The van der Waals surface area contributed by atoms with Crippen molar-refractivity contribution in [3.63, 3.8) is 0 Å². The van der Waals surface area contributed by atoms with Crippen LogP contribution in [-0.2, 0) is 0 Å². The van der Waals surface area contributed by atoms with Gasteiger partial charge >= 0.3 is 0 Å². The Morgan fingerprint density at radius 3 is 2.74 bits per heavy atom. The zero-order valence-corrected chi connectivity index (χ0v) is 12.3. The molecule has 19 heavy (non-hydrogen) atoms. The van der Waals surface area contributed by atoms with E-state index < -0.39 is 0 Å². The van der Waals surface area contributed by atoms with Crippen LogP contribution in [0.2, 0.25) is 0 Å². The van der Waals surface area contributed by atoms with Crippen molar-refractivity contribution in [1.82, 2.24) is 14.8 Å². The lowest BCUT2D eigenvalue weighted by atomic mass is 10.3. The Morgan fingerprint density at radius 2 is 2.05 bits per heavy atom. The number of thiazole rings is 1. The van der Waals surface area contributed by atoms with Crippen molar-refractivity contribution < 1.29 is 4.79 Å². The van der Waals surface area contributed by atoms with E-state index in [2.05, 4.69) is 22.3 Å². The zero-order valence-electron chi connectivity index (χ0n) is 10.7. The Morgan fingerprint density at radius 1 is 1.26 bits per heavy atom. The predicted octanol–water partition coefficient (Wildman–Crippen LogP) is 2.26. The average Bonchev–Trinajstić information content (AvgIpc) is 3.10. The second-order valence-electron chi connectivity index (χ2n) is 4.65. The third-order valence-corrected chi connectivity index (χ3v) is 4.86. The molecule has 2 aromatic rings. The van der Waals surface area contributed by atoms with Crippen LogP contribution in [0.25, 0.3) is 10.6 Å². The Balaban J connectivity index is 1.74. The number of carbonyl (C=O) groups is 1. The van der Waals surface area contributed by atoms with Gasteiger partial charge in [0, 0.05) is 42.5 Å². The topological polar surface area (TPSA) is 36.4 Å². The van der Waals surface area contributed by atoms with Crippen LogP contribution in [0.1, 0.15) is 10.5 Å². The van der Waals surface area contributed by atoms with Crippen molar-refractivity contribution in [3.8, 4) is 10.6 Å². The molecule has 2 aromatic heterocycles. The number of aromatic nitrogens is 1. The van der Waals surface area contributed by atoms with Crippen LogP contribution in [0.4, 0.5) is 0 Å². The number of nitrogens with zero attached hydrogens (tertiary/aromatic N) is 3. The van der Waals surface area contributed by atoms with Crippen LogP contribution < -0.4 is 0 Å². The first-order valence-corrected chi connectivity index (χ1v) is 8.02. The second-order valence-corrected chi connectivity index (χ2v) is 6.28. The van der Waals surface area contributed by atoms with Crippen molar-refractivity contribution in [2.75, 3.05) is 33.2 Å². The van der Waals surface area contributed by atoms with Gasteiger partial charge in [-0.1, -0.05) is 0 Å². The number of hydrogen-bond acceptors (Lipinski definition) is 5. The Hall–Kier alpha value is -1.24. The molecule has 1 saturated heterocycles. The van der Waals surface area contributed by atoms with E-state index in [1.165, 1.54) is 11.3 Å². The van der Waals surface area contributed by atoms with Gasteiger partial charge in [0.2, 0.25) is 0 Å². The lowest BCUT2D eigenvalue weighted by molar-refractivity contribution is 0.0659. The molecule has 0 atom stereocenters. The van der Waals surface area contributed by atoms with Gasteiger partial charge in [-0.3, -0.25) is 4.79 Å². The van der Waals surface area contributed by atoms with E-state index >= 15 is 0 Å². The molecule has 0 aliphatic carbocycles. The molecule has 0 radical (unpaired) electrons. The van der Waals surface area contributed by atoms with E-state index in [0.717, 1.165) is 36.8 Å². The van der Waals surface area contributed by atoms with Crippen LogP contribution in [0.3, 0.4) is 0 Å². The summed E-state index contributed by atoms with van der Waals surface area (Å²) in [6.07, 6.45) is 0. The summed E-state index contributed by atoms with van der Waals surface area (Å²) >= 11 is 3.18. The van der Waals surface area contributed by atoms with Gasteiger partial charge < -0.3 is 9.80 Å². The molecule has 1 aliphatic heterocycles. The number of piperazine rings is 1. The maximum Gasteiger partial charge on any atom is 0.273 e. The van der Waals surface area contributed by atoms with E-state index in [4.69, 9.17) is 0 Å². The number of thiophene rings is 1. The monoisotopic (exact) mass is 293 g/mol. The summed E-state index contributed by atoms with van der Waals surface area (Å²) < 4.78 is 0. The van der Waals surface area contributed by atoms with Crippen LogP contribution in [0.15, 0.2) is 22.2 Å². The largest absolute Gasteiger partial charge is 0.335 e. The summed E-state index contributed by atoms with van der Waals surface area (Å²) in [6.45, 7) is 3.46. The molecule has 1 fully saturated rings. The molecule has 4 nitrogen and oxygen atoms in total. The molecule has 6 heteroatoms. The molecule has 0 aromatic carbocycles. The first kappa shape index (κ1) is 12.8. The van der Waals surface area contributed by atoms with Crippen molar-refractivity contribution in [2.45, 2.75) is 0 Å². The molecule has 0 N–H and O–H groups in total. The lowest BCUT2D eigenvalue weighted by Gasteiger charge is -2.31. The normalized spacial score (nSPS) is 16.8. The van der Waals surface area contributed by atoms with Crippen LogP contribution in [0.5, 0.6) is 0 Å². The summed E-state index contributed by atoms with van der Waals surface area (Å²) in [5.74, 6) is 0.0610. The van der Waals surface area contributed by atoms with Gasteiger partial charge in [-0.2, -0.15) is 11.3 Å². The maximum atomic E-state index is 12.3. The van der Waals surface area contributed by atoms with Gasteiger partial charge in [0.1, 0.15) is 10.7 Å². The highest BCUT2D eigenvalue weighted by molar-refractivity contribution is 7.14. The molecule has 1 amide bonds. The fraction of sp³-hybridized carbons (Fsp3) is 0.385. The van der Waals surface area contributed by atoms with Gasteiger partial charge in [0.15, 0.2) is 0 Å². The summed E-state index contributed by atoms with van der Waals surface area (Å²) in [4.78, 5) is 20.9. The minimum absolute atomic E-state index is 0.0610. The molecular formula is C13H15N3OS2. The molecule has 0 spiro atoms. The third kappa shape index (κ3) is 2.70. The summed E-state index contributed by atoms with van der Waals surface area (Å²) in [5, 5.41) is 6.88. The standard InChI is InChI=1S/C13H15N3OS2/c1-15-3-5-16(6-4-15)13(17)11-9-19-12(14-11)10-2-7-18-8-10/h2,7-9H,3-6H2,1H3. The first-order chi connectivity index (χ1) is 9.24. The van der Waals surface area contributed by atoms with E-state index in [-0.39, 0.29) is 5.91 Å². The Labute approximate surface area is 120 Å². The fourth-order valence-corrected chi connectivity index (χ4v) is 3.57. The second kappa shape index (κ2) is 5.40. The third-order valence-electron chi connectivity index (χ3n) is 3.28. The van der Waals surface area contributed by atoms with E-state index in [1.807, 2.05) is 21.7 Å². The van der Waals surface area contributed by atoms with Crippen molar-refractivity contribution in [1.29, 1.82) is 0 Å².